The normalized spacial score (nSPS) is 21.5. The zero-order valence-corrected chi connectivity index (χ0v) is 20.2. The lowest BCUT2D eigenvalue weighted by Gasteiger charge is -2.24. The molecule has 0 unspecified atom stereocenters. The van der Waals surface area contributed by atoms with E-state index in [1.165, 1.54) is 12.1 Å². The van der Waals surface area contributed by atoms with Crippen molar-refractivity contribution in [1.82, 2.24) is 15.2 Å². The first-order valence-electron chi connectivity index (χ1n) is 11.6. The highest BCUT2D eigenvalue weighted by molar-refractivity contribution is 6.09. The van der Waals surface area contributed by atoms with Gasteiger partial charge in [0.15, 0.2) is 0 Å². The minimum Gasteiger partial charge on any atom is -0.497 e. The van der Waals surface area contributed by atoms with E-state index in [9.17, 15) is 14.4 Å². The number of hydrogen-bond acceptors (Lipinski definition) is 6. The summed E-state index contributed by atoms with van der Waals surface area (Å²) in [7, 11) is 1.53. The number of nitrogens with zero attached hydrogens (tertiary/aromatic N) is 3. The van der Waals surface area contributed by atoms with Crippen LogP contribution in [0.15, 0.2) is 76.4 Å². The molecule has 2 atom stereocenters. The molecular formula is C27H26N4O5. The molecule has 1 aromatic heterocycles. The summed E-state index contributed by atoms with van der Waals surface area (Å²) in [6.45, 7) is 3.16. The van der Waals surface area contributed by atoms with Gasteiger partial charge in [-0.05, 0) is 49.2 Å². The number of carbonyl (C=O) groups is 3. The highest BCUT2D eigenvalue weighted by atomic mass is 16.5. The van der Waals surface area contributed by atoms with Crippen LogP contribution in [0.1, 0.15) is 41.8 Å². The number of amides is 4. The van der Waals surface area contributed by atoms with Crippen LogP contribution in [0.5, 0.6) is 5.75 Å². The minimum absolute atomic E-state index is 0.448. The Morgan fingerprint density at radius 2 is 1.94 bits per heavy atom. The van der Waals surface area contributed by atoms with Gasteiger partial charge in [-0.15, -0.1) is 0 Å². The van der Waals surface area contributed by atoms with Gasteiger partial charge in [0.25, 0.3) is 11.8 Å². The minimum atomic E-state index is -1.33. The molecule has 36 heavy (non-hydrogen) atoms. The molecule has 3 aromatic rings. The van der Waals surface area contributed by atoms with Crippen LogP contribution in [-0.4, -0.2) is 47.1 Å². The molecule has 0 aliphatic carbocycles. The number of benzene rings is 2. The molecule has 1 saturated heterocycles. The molecule has 0 saturated carbocycles. The standard InChI is InChI=1S/C27H26N4O5/c1-17-9-11-18(12-10-17)21-15-22(23-8-5-13-36-23)31(29-21)24(32)16-30-25(33)27(2,28-26(30)34)19-6-4-7-20(14-19)35-3/h4-14,22H,15-16H2,1-3H3,(H,28,34)/t22-,27+/m0/s1. The average molecular weight is 487 g/mol. The highest BCUT2D eigenvalue weighted by Gasteiger charge is 2.50. The molecule has 0 radical (unpaired) electrons. The largest absolute Gasteiger partial charge is 0.497 e. The van der Waals surface area contributed by atoms with Crippen LogP contribution in [0.2, 0.25) is 0 Å². The number of carbonyl (C=O) groups excluding carboxylic acids is 3. The second kappa shape index (κ2) is 8.99. The number of methoxy groups -OCH3 is 1. The third-order valence-corrected chi connectivity index (χ3v) is 6.64. The predicted molar refractivity (Wildman–Crippen MR) is 131 cm³/mol. The molecule has 2 aliphatic heterocycles. The second-order valence-electron chi connectivity index (χ2n) is 9.06. The number of hydrazone groups is 1. The Labute approximate surface area is 208 Å². The molecule has 184 valence electrons. The van der Waals surface area contributed by atoms with Crippen LogP contribution < -0.4 is 10.1 Å². The molecule has 4 amide bonds. The molecule has 2 aliphatic rings. The van der Waals surface area contributed by atoms with Crippen LogP contribution in [0.25, 0.3) is 0 Å². The van der Waals surface area contributed by atoms with Gasteiger partial charge in [-0.25, -0.2) is 9.80 Å². The van der Waals surface area contributed by atoms with Crippen LogP contribution in [0.4, 0.5) is 4.79 Å². The fourth-order valence-corrected chi connectivity index (χ4v) is 4.54. The van der Waals surface area contributed by atoms with E-state index in [2.05, 4.69) is 10.4 Å². The van der Waals surface area contributed by atoms with Crippen LogP contribution >= 0.6 is 0 Å². The lowest BCUT2D eigenvalue weighted by molar-refractivity contribution is -0.140. The SMILES string of the molecule is COc1cccc([C@@]2(C)NC(=O)N(CC(=O)N3N=C(c4ccc(C)cc4)C[C@H]3c3ccco3)C2=O)c1. The van der Waals surface area contributed by atoms with E-state index >= 15 is 0 Å². The average Bonchev–Trinajstić information content (AvgIpc) is 3.61. The Morgan fingerprint density at radius 3 is 2.64 bits per heavy atom. The number of nitrogens with one attached hydrogen (secondary N) is 1. The van der Waals surface area contributed by atoms with Gasteiger partial charge < -0.3 is 14.5 Å². The monoisotopic (exact) mass is 486 g/mol. The summed E-state index contributed by atoms with van der Waals surface area (Å²) in [6, 6.07) is 17.2. The number of hydrogen-bond donors (Lipinski definition) is 1. The summed E-state index contributed by atoms with van der Waals surface area (Å²) in [6.07, 6.45) is 1.99. The third kappa shape index (κ3) is 4.02. The van der Waals surface area contributed by atoms with E-state index in [0.29, 0.717) is 23.5 Å². The Morgan fingerprint density at radius 1 is 1.17 bits per heavy atom. The zero-order chi connectivity index (χ0) is 25.4. The predicted octanol–water partition coefficient (Wildman–Crippen LogP) is 3.74. The fourth-order valence-electron chi connectivity index (χ4n) is 4.54. The van der Waals surface area contributed by atoms with Gasteiger partial charge in [0.05, 0.1) is 19.1 Å². The summed E-state index contributed by atoms with van der Waals surface area (Å²) >= 11 is 0. The van der Waals surface area contributed by atoms with E-state index in [1.54, 1.807) is 49.6 Å². The van der Waals surface area contributed by atoms with Crippen molar-refractivity contribution in [2.24, 2.45) is 5.10 Å². The summed E-state index contributed by atoms with van der Waals surface area (Å²) in [5.41, 5.74) is 1.97. The highest BCUT2D eigenvalue weighted by Crippen LogP contribution is 2.35. The van der Waals surface area contributed by atoms with Gasteiger partial charge in [0, 0.05) is 6.42 Å². The summed E-state index contributed by atoms with van der Waals surface area (Å²) < 4.78 is 10.8. The number of furan rings is 1. The zero-order valence-electron chi connectivity index (χ0n) is 20.2. The van der Waals surface area contributed by atoms with Crippen molar-refractivity contribution in [2.45, 2.75) is 31.8 Å². The maximum absolute atomic E-state index is 13.5. The number of ether oxygens (including phenoxy) is 1. The van der Waals surface area contributed by atoms with E-state index in [0.717, 1.165) is 21.7 Å². The van der Waals surface area contributed by atoms with Gasteiger partial charge in [-0.3, -0.25) is 14.5 Å². The number of urea groups is 1. The van der Waals surface area contributed by atoms with Gasteiger partial charge in [-0.2, -0.15) is 5.10 Å². The maximum atomic E-state index is 13.5. The van der Waals surface area contributed by atoms with Crippen molar-refractivity contribution in [2.75, 3.05) is 13.7 Å². The van der Waals surface area contributed by atoms with Crippen LogP contribution in [0.3, 0.4) is 0 Å². The van der Waals surface area contributed by atoms with Crippen molar-refractivity contribution in [3.05, 3.63) is 89.4 Å². The molecule has 1 fully saturated rings. The third-order valence-electron chi connectivity index (χ3n) is 6.64. The molecule has 2 aromatic carbocycles. The summed E-state index contributed by atoms with van der Waals surface area (Å²) in [5.74, 6) is 0.122. The molecule has 0 spiro atoms. The lowest BCUT2D eigenvalue weighted by atomic mass is 9.92. The molecule has 3 heterocycles. The smallest absolute Gasteiger partial charge is 0.325 e. The van der Waals surface area contributed by atoms with Gasteiger partial charge in [-0.1, -0.05) is 42.0 Å². The Kier molecular flexibility index (Phi) is 5.83. The van der Waals surface area contributed by atoms with Crippen molar-refractivity contribution in [3.63, 3.8) is 0 Å². The van der Waals surface area contributed by atoms with Crippen molar-refractivity contribution in [1.29, 1.82) is 0 Å². The molecule has 5 rings (SSSR count). The van der Waals surface area contributed by atoms with Crippen molar-refractivity contribution < 1.29 is 23.5 Å². The summed E-state index contributed by atoms with van der Waals surface area (Å²) in [4.78, 5) is 40.6. The quantitative estimate of drug-likeness (QED) is 0.535. The topological polar surface area (TPSA) is 104 Å². The number of imide groups is 1. The first kappa shape index (κ1) is 23.3. The first-order valence-corrected chi connectivity index (χ1v) is 11.6. The Bertz CT molecular complexity index is 1350. The number of rotatable bonds is 6. The Balaban J connectivity index is 1.41. The maximum Gasteiger partial charge on any atom is 0.325 e. The van der Waals surface area contributed by atoms with Gasteiger partial charge >= 0.3 is 6.03 Å². The first-order chi connectivity index (χ1) is 17.3. The second-order valence-corrected chi connectivity index (χ2v) is 9.06. The molecule has 9 heteroatoms. The van der Waals surface area contributed by atoms with Crippen LogP contribution in [-0.2, 0) is 15.1 Å². The molecule has 9 nitrogen and oxygen atoms in total. The summed E-state index contributed by atoms with van der Waals surface area (Å²) in [5, 5.41) is 8.63. The molecular weight excluding hydrogens is 460 g/mol. The van der Waals surface area contributed by atoms with E-state index in [1.807, 2.05) is 31.2 Å². The lowest BCUT2D eigenvalue weighted by Crippen LogP contribution is -2.43. The molecule has 0 bridgehead atoms. The van der Waals surface area contributed by atoms with Crippen molar-refractivity contribution >= 4 is 23.6 Å². The Hall–Kier alpha value is -4.40. The van der Waals surface area contributed by atoms with E-state index in [-0.39, 0.29) is 0 Å². The number of aryl methyl sites for hydroxylation is 1. The van der Waals surface area contributed by atoms with Crippen LogP contribution in [0, 0.1) is 6.92 Å². The van der Waals surface area contributed by atoms with Gasteiger partial charge in [0.2, 0.25) is 0 Å². The van der Waals surface area contributed by atoms with Gasteiger partial charge in [0.1, 0.15) is 29.6 Å². The molecule has 1 N–H and O–H groups in total. The van der Waals surface area contributed by atoms with Crippen molar-refractivity contribution in [3.8, 4) is 5.75 Å². The fraction of sp³-hybridized carbons (Fsp3) is 0.259. The van der Waals surface area contributed by atoms with E-state index in [4.69, 9.17) is 9.15 Å². The van der Waals surface area contributed by atoms with E-state index < -0.39 is 36.0 Å².